The van der Waals surface area contributed by atoms with E-state index in [2.05, 4.69) is 74.4 Å². The SMILES string of the molecule is CCCCC/C=C\C/C=C\CCCCCCCCC1(CCCCCCCC/C=C\C/C=C\CCCCC)CCC(CN(C)CCOP(C)(=O)OC)O1. The van der Waals surface area contributed by atoms with Gasteiger partial charge in [-0.2, -0.15) is 0 Å². The van der Waals surface area contributed by atoms with Crippen LogP contribution in [0.5, 0.6) is 0 Å². The van der Waals surface area contributed by atoms with Crippen molar-refractivity contribution in [2.24, 2.45) is 0 Å². The molecule has 2 atom stereocenters. The van der Waals surface area contributed by atoms with Crippen molar-refractivity contribution in [2.45, 2.75) is 205 Å². The molecule has 1 aliphatic heterocycles. The van der Waals surface area contributed by atoms with Gasteiger partial charge in [0, 0.05) is 26.9 Å². The third-order valence-corrected chi connectivity index (χ3v) is 12.0. The molecule has 0 aromatic carbocycles. The predicted molar refractivity (Wildman–Crippen MR) is 229 cm³/mol. The van der Waals surface area contributed by atoms with Crippen LogP contribution in [0.1, 0.15) is 194 Å². The number of ether oxygens (including phenoxy) is 1. The molecule has 0 aromatic rings. The van der Waals surface area contributed by atoms with Crippen molar-refractivity contribution in [1.29, 1.82) is 0 Å². The first-order valence-electron chi connectivity index (χ1n) is 22.1. The molecule has 0 spiro atoms. The number of hydrogen-bond donors (Lipinski definition) is 0. The topological polar surface area (TPSA) is 48.0 Å². The van der Waals surface area contributed by atoms with Crippen molar-refractivity contribution in [3.05, 3.63) is 48.6 Å². The Kier molecular flexibility index (Phi) is 32.6. The number of rotatable bonds is 37. The van der Waals surface area contributed by atoms with Crippen LogP contribution in [0.3, 0.4) is 0 Å². The molecule has 0 aromatic heterocycles. The highest BCUT2D eigenvalue weighted by Crippen LogP contribution is 2.42. The quantitative estimate of drug-likeness (QED) is 0.0360. The van der Waals surface area contributed by atoms with Crippen molar-refractivity contribution in [1.82, 2.24) is 4.90 Å². The van der Waals surface area contributed by atoms with E-state index in [-0.39, 0.29) is 11.7 Å². The molecule has 2 unspecified atom stereocenters. The predicted octanol–water partition coefficient (Wildman–Crippen LogP) is 14.7. The van der Waals surface area contributed by atoms with Gasteiger partial charge < -0.3 is 18.7 Å². The number of hydrogen-bond acceptors (Lipinski definition) is 5. The number of likely N-dealkylation sites (N-methyl/N-ethyl adjacent to an activating group) is 1. The first kappa shape index (κ1) is 49.0. The highest BCUT2D eigenvalue weighted by Gasteiger charge is 2.39. The molecule has 0 amide bonds. The summed E-state index contributed by atoms with van der Waals surface area (Å²) in [4.78, 5) is 2.26. The van der Waals surface area contributed by atoms with E-state index in [0.717, 1.165) is 32.4 Å². The van der Waals surface area contributed by atoms with Gasteiger partial charge >= 0.3 is 7.60 Å². The smallest absolute Gasteiger partial charge is 0.327 e. The zero-order chi connectivity index (χ0) is 37.9. The molecule has 52 heavy (non-hydrogen) atoms. The average molecular weight is 748 g/mol. The Hall–Kier alpha value is -0.970. The van der Waals surface area contributed by atoms with Crippen LogP contribution in [-0.2, 0) is 18.3 Å². The summed E-state index contributed by atoms with van der Waals surface area (Å²) in [6.45, 7) is 8.11. The van der Waals surface area contributed by atoms with E-state index in [4.69, 9.17) is 13.8 Å². The minimum Gasteiger partial charge on any atom is -0.370 e. The minimum absolute atomic E-state index is 0.0572. The molecule has 6 heteroatoms. The average Bonchev–Trinajstić information content (AvgIpc) is 3.53. The molecule has 1 saturated heterocycles. The third kappa shape index (κ3) is 29.4. The summed E-state index contributed by atoms with van der Waals surface area (Å²) in [6, 6.07) is 0. The van der Waals surface area contributed by atoms with Crippen LogP contribution in [0, 0.1) is 0 Å². The molecule has 0 aliphatic carbocycles. The molecule has 0 radical (unpaired) electrons. The molecule has 1 fully saturated rings. The van der Waals surface area contributed by atoms with Gasteiger partial charge in [-0.1, -0.05) is 152 Å². The summed E-state index contributed by atoms with van der Waals surface area (Å²) < 4.78 is 29.5. The fraction of sp³-hybridized carbons (Fsp3) is 0.826. The molecule has 0 N–H and O–H groups in total. The van der Waals surface area contributed by atoms with E-state index in [1.165, 1.54) is 174 Å². The van der Waals surface area contributed by atoms with Gasteiger partial charge in [0.2, 0.25) is 0 Å². The molecular weight excluding hydrogens is 661 g/mol. The zero-order valence-corrected chi connectivity index (χ0v) is 36.0. The van der Waals surface area contributed by atoms with Gasteiger partial charge in [-0.15, -0.1) is 0 Å². The minimum atomic E-state index is -2.93. The fourth-order valence-corrected chi connectivity index (χ4v) is 7.76. The van der Waals surface area contributed by atoms with Gasteiger partial charge in [-0.05, 0) is 96.9 Å². The van der Waals surface area contributed by atoms with Crippen LogP contribution in [0.25, 0.3) is 0 Å². The molecule has 304 valence electrons. The van der Waals surface area contributed by atoms with Gasteiger partial charge in [0.1, 0.15) is 0 Å². The molecule has 5 nitrogen and oxygen atoms in total. The number of nitrogens with zero attached hydrogens (tertiary/aromatic N) is 1. The van der Waals surface area contributed by atoms with Crippen LogP contribution in [0.4, 0.5) is 0 Å². The Labute approximate surface area is 324 Å². The van der Waals surface area contributed by atoms with Gasteiger partial charge in [0.25, 0.3) is 0 Å². The van der Waals surface area contributed by atoms with Gasteiger partial charge in [-0.25, -0.2) is 0 Å². The second kappa shape index (κ2) is 34.5. The van der Waals surface area contributed by atoms with Crippen molar-refractivity contribution in [2.75, 3.05) is 40.5 Å². The van der Waals surface area contributed by atoms with E-state index < -0.39 is 7.60 Å². The molecule has 1 heterocycles. The van der Waals surface area contributed by atoms with E-state index in [1.54, 1.807) is 0 Å². The Morgan fingerprint density at radius 1 is 0.654 bits per heavy atom. The third-order valence-electron chi connectivity index (χ3n) is 10.7. The lowest BCUT2D eigenvalue weighted by Crippen LogP contribution is -2.35. The van der Waals surface area contributed by atoms with Crippen molar-refractivity contribution >= 4 is 7.60 Å². The second-order valence-corrected chi connectivity index (χ2v) is 17.8. The maximum atomic E-state index is 12.1. The lowest BCUT2D eigenvalue weighted by Gasteiger charge is -2.31. The summed E-state index contributed by atoms with van der Waals surface area (Å²) in [5.74, 6) is 0. The van der Waals surface area contributed by atoms with Crippen molar-refractivity contribution in [3.63, 3.8) is 0 Å². The van der Waals surface area contributed by atoms with Crippen LogP contribution < -0.4 is 0 Å². The number of allylic oxidation sites excluding steroid dienone is 8. The first-order valence-corrected chi connectivity index (χ1v) is 24.1. The van der Waals surface area contributed by atoms with Gasteiger partial charge in [-0.3, -0.25) is 4.57 Å². The van der Waals surface area contributed by atoms with Crippen molar-refractivity contribution in [3.8, 4) is 0 Å². The maximum absolute atomic E-state index is 12.1. The van der Waals surface area contributed by atoms with E-state index in [1.807, 2.05) is 0 Å². The second-order valence-electron chi connectivity index (χ2n) is 15.7. The van der Waals surface area contributed by atoms with Crippen LogP contribution in [-0.4, -0.2) is 57.1 Å². The van der Waals surface area contributed by atoms with Gasteiger partial charge in [0.05, 0.1) is 18.3 Å². The molecule has 1 aliphatic rings. The molecule has 0 saturated carbocycles. The van der Waals surface area contributed by atoms with E-state index >= 15 is 0 Å². The van der Waals surface area contributed by atoms with Crippen LogP contribution in [0.2, 0.25) is 0 Å². The lowest BCUT2D eigenvalue weighted by molar-refractivity contribution is -0.0627. The maximum Gasteiger partial charge on any atom is 0.327 e. The summed E-state index contributed by atoms with van der Waals surface area (Å²) in [7, 11) is 0.634. The Morgan fingerprint density at radius 3 is 1.52 bits per heavy atom. The normalized spacial score (nSPS) is 17.6. The largest absolute Gasteiger partial charge is 0.370 e. The number of unbranched alkanes of at least 4 members (excludes halogenated alkanes) is 18. The Morgan fingerprint density at radius 2 is 1.08 bits per heavy atom. The Bertz CT molecular complexity index is 912. The van der Waals surface area contributed by atoms with Crippen molar-refractivity contribution < 1.29 is 18.3 Å². The zero-order valence-electron chi connectivity index (χ0n) is 35.1. The van der Waals surface area contributed by atoms with E-state index in [9.17, 15) is 4.57 Å². The Balaban J connectivity index is 2.34. The summed E-state index contributed by atoms with van der Waals surface area (Å²) in [5, 5.41) is 0. The standard InChI is InChI=1S/C46H86NO4P/c1-6-8-10-12-14-16-18-20-22-24-26-28-30-32-34-36-39-46(41-38-45(51-46)44-47(3)42-43-50-52(5,48)49-4)40-37-35-33-31-29-27-25-23-21-19-17-15-13-11-9-7-2/h14-17,20-23,45H,6-13,18-19,24-44H2,1-5H3/b16-14-,17-15-,22-20-,23-21-. The van der Waals surface area contributed by atoms with Crippen LogP contribution >= 0.6 is 7.60 Å². The molecule has 0 bridgehead atoms. The van der Waals surface area contributed by atoms with Gasteiger partial charge in [0.15, 0.2) is 0 Å². The fourth-order valence-electron chi connectivity index (χ4n) is 7.24. The van der Waals surface area contributed by atoms with E-state index in [0.29, 0.717) is 6.61 Å². The molecular formula is C46H86NO4P. The summed E-state index contributed by atoms with van der Waals surface area (Å²) in [6.07, 6.45) is 54.9. The highest BCUT2D eigenvalue weighted by molar-refractivity contribution is 7.52. The summed E-state index contributed by atoms with van der Waals surface area (Å²) in [5.41, 5.74) is 0.0572. The lowest BCUT2D eigenvalue weighted by atomic mass is 9.87. The molecule has 1 rings (SSSR count). The monoisotopic (exact) mass is 748 g/mol. The van der Waals surface area contributed by atoms with Crippen LogP contribution in [0.15, 0.2) is 48.6 Å². The first-order chi connectivity index (χ1) is 25.4. The highest BCUT2D eigenvalue weighted by atomic mass is 31.2. The summed E-state index contributed by atoms with van der Waals surface area (Å²) >= 11 is 0.